The molecule has 0 aliphatic heterocycles. The molecule has 0 unspecified atom stereocenters. The summed E-state index contributed by atoms with van der Waals surface area (Å²) in [5.41, 5.74) is 1.41. The first-order valence-electron chi connectivity index (χ1n) is 6.73. The highest BCUT2D eigenvalue weighted by Crippen LogP contribution is 2.28. The molecule has 1 saturated carbocycles. The summed E-state index contributed by atoms with van der Waals surface area (Å²) in [6, 6.07) is 0.745. The summed E-state index contributed by atoms with van der Waals surface area (Å²) in [5.74, 6) is 1.01. The summed E-state index contributed by atoms with van der Waals surface area (Å²) in [7, 11) is 0. The Labute approximate surface area is 117 Å². The molecule has 1 heterocycles. The summed E-state index contributed by atoms with van der Waals surface area (Å²) in [5, 5.41) is 8.10. The van der Waals surface area contributed by atoms with Crippen molar-refractivity contribution >= 4 is 27.3 Å². The number of nitrogens with one attached hydrogen (secondary N) is 1. The van der Waals surface area contributed by atoms with E-state index in [2.05, 4.69) is 38.9 Å². The molecular formula is C14H22BrNS. The highest BCUT2D eigenvalue weighted by Gasteiger charge is 2.20. The highest BCUT2D eigenvalue weighted by atomic mass is 79.9. The number of hydrogen-bond acceptors (Lipinski definition) is 2. The van der Waals surface area contributed by atoms with Gasteiger partial charge in [0.2, 0.25) is 0 Å². The van der Waals surface area contributed by atoms with Crippen LogP contribution in [0.25, 0.3) is 0 Å². The molecule has 96 valence electrons. The Kier molecular flexibility index (Phi) is 5.51. The van der Waals surface area contributed by atoms with Crippen LogP contribution in [0, 0.1) is 5.92 Å². The van der Waals surface area contributed by atoms with Crippen molar-refractivity contribution in [2.75, 3.05) is 0 Å². The Hall–Kier alpha value is 0.140. The van der Waals surface area contributed by atoms with Gasteiger partial charge in [-0.1, -0.05) is 19.8 Å². The van der Waals surface area contributed by atoms with Crippen LogP contribution in [0.5, 0.6) is 0 Å². The van der Waals surface area contributed by atoms with Crippen LogP contribution < -0.4 is 5.32 Å². The van der Waals surface area contributed by atoms with E-state index < -0.39 is 0 Å². The molecule has 3 heteroatoms. The maximum absolute atomic E-state index is 3.70. The zero-order valence-corrected chi connectivity index (χ0v) is 12.9. The number of hydrogen-bond donors (Lipinski definition) is 1. The Morgan fingerprint density at radius 3 is 2.65 bits per heavy atom. The van der Waals surface area contributed by atoms with Crippen LogP contribution in [0.2, 0.25) is 0 Å². The smallest absolute Gasteiger partial charge is 0.0327 e. The zero-order chi connectivity index (χ0) is 12.1. The molecule has 1 aromatic rings. The molecule has 0 spiro atoms. The first-order chi connectivity index (χ1) is 8.29. The van der Waals surface area contributed by atoms with E-state index in [0.29, 0.717) is 0 Å². The molecule has 0 radical (unpaired) electrons. The van der Waals surface area contributed by atoms with E-state index in [4.69, 9.17) is 0 Å². The molecule has 2 rings (SSSR count). The van der Waals surface area contributed by atoms with Crippen LogP contribution in [0.3, 0.4) is 0 Å². The summed E-state index contributed by atoms with van der Waals surface area (Å²) in [6.45, 7) is 3.33. The molecule has 1 aliphatic carbocycles. The van der Waals surface area contributed by atoms with E-state index in [9.17, 15) is 0 Å². The van der Waals surface area contributed by atoms with Crippen molar-refractivity contribution < 1.29 is 0 Å². The molecule has 0 amide bonds. The predicted octanol–water partition coefficient (Wildman–Crippen LogP) is 4.96. The van der Waals surface area contributed by atoms with Gasteiger partial charge in [0.05, 0.1) is 0 Å². The summed E-state index contributed by atoms with van der Waals surface area (Å²) < 4.78 is 1.26. The molecule has 0 atom stereocenters. The van der Waals surface area contributed by atoms with Crippen LogP contribution in [0.4, 0.5) is 0 Å². The van der Waals surface area contributed by atoms with Gasteiger partial charge < -0.3 is 5.32 Å². The van der Waals surface area contributed by atoms with Crippen LogP contribution in [0.15, 0.2) is 15.2 Å². The van der Waals surface area contributed by atoms with Crippen molar-refractivity contribution in [2.24, 2.45) is 5.92 Å². The van der Waals surface area contributed by atoms with Crippen molar-refractivity contribution in [1.82, 2.24) is 5.32 Å². The summed E-state index contributed by atoms with van der Waals surface area (Å²) >= 11 is 5.36. The molecule has 17 heavy (non-hydrogen) atoms. The van der Waals surface area contributed by atoms with E-state index in [0.717, 1.165) is 18.5 Å². The monoisotopic (exact) mass is 315 g/mol. The second-order valence-corrected chi connectivity index (χ2v) is 6.73. The average Bonchev–Trinajstić information content (AvgIpc) is 2.75. The fourth-order valence-electron chi connectivity index (χ4n) is 2.75. The minimum atomic E-state index is 0.745. The summed E-state index contributed by atoms with van der Waals surface area (Å²) in [4.78, 5) is 0. The minimum Gasteiger partial charge on any atom is -0.310 e. The van der Waals surface area contributed by atoms with Crippen molar-refractivity contribution in [2.45, 2.75) is 58.0 Å². The van der Waals surface area contributed by atoms with Gasteiger partial charge in [-0.15, -0.1) is 0 Å². The van der Waals surface area contributed by atoms with Crippen LogP contribution in [-0.4, -0.2) is 6.04 Å². The van der Waals surface area contributed by atoms with Crippen molar-refractivity contribution in [1.29, 1.82) is 0 Å². The molecule has 1 aromatic heterocycles. The van der Waals surface area contributed by atoms with Gasteiger partial charge in [-0.05, 0) is 58.5 Å². The lowest BCUT2D eigenvalue weighted by atomic mass is 9.83. The number of thiophene rings is 1. The molecule has 1 nitrogen and oxygen atoms in total. The first-order valence-corrected chi connectivity index (χ1v) is 8.47. The fraction of sp³-hybridized carbons (Fsp3) is 0.714. The Balaban J connectivity index is 1.70. The molecule has 1 N–H and O–H groups in total. The number of halogens is 1. The standard InChI is InChI=1S/C14H22BrNS/c1-2-3-11-4-6-13(7-5-11)16-8-12-9-17-10-14(12)15/h9-11,13,16H,2-8H2,1H3. The van der Waals surface area contributed by atoms with E-state index >= 15 is 0 Å². The Bertz CT molecular complexity index is 329. The minimum absolute atomic E-state index is 0.745. The van der Waals surface area contributed by atoms with E-state index in [1.54, 1.807) is 11.3 Å². The van der Waals surface area contributed by atoms with Crippen molar-refractivity contribution in [3.8, 4) is 0 Å². The maximum Gasteiger partial charge on any atom is 0.0327 e. The third-order valence-electron chi connectivity index (χ3n) is 3.81. The fourth-order valence-corrected chi connectivity index (χ4v) is 4.20. The van der Waals surface area contributed by atoms with Crippen LogP contribution in [-0.2, 0) is 6.54 Å². The van der Waals surface area contributed by atoms with Crippen LogP contribution >= 0.6 is 27.3 Å². The van der Waals surface area contributed by atoms with Gasteiger partial charge in [-0.25, -0.2) is 0 Å². The third-order valence-corrected chi connectivity index (χ3v) is 5.65. The topological polar surface area (TPSA) is 12.0 Å². The second kappa shape index (κ2) is 6.91. The lowest BCUT2D eigenvalue weighted by Crippen LogP contribution is -2.32. The Morgan fingerprint density at radius 1 is 1.29 bits per heavy atom. The quantitative estimate of drug-likeness (QED) is 0.809. The lowest BCUT2D eigenvalue weighted by Gasteiger charge is -2.29. The molecule has 0 aromatic carbocycles. The normalized spacial score (nSPS) is 25.1. The first kappa shape index (κ1) is 13.6. The van der Waals surface area contributed by atoms with Gasteiger partial charge in [-0.2, -0.15) is 11.3 Å². The molecule has 0 saturated heterocycles. The van der Waals surface area contributed by atoms with Gasteiger partial charge in [0.1, 0.15) is 0 Å². The summed E-state index contributed by atoms with van der Waals surface area (Å²) in [6.07, 6.45) is 8.37. The van der Waals surface area contributed by atoms with E-state index in [1.807, 2.05) is 0 Å². The lowest BCUT2D eigenvalue weighted by molar-refractivity contribution is 0.277. The maximum atomic E-state index is 3.70. The van der Waals surface area contributed by atoms with Gasteiger partial charge >= 0.3 is 0 Å². The highest BCUT2D eigenvalue weighted by molar-refractivity contribution is 9.10. The van der Waals surface area contributed by atoms with Crippen LogP contribution in [0.1, 0.15) is 51.0 Å². The molecule has 0 bridgehead atoms. The second-order valence-electron chi connectivity index (χ2n) is 5.13. The van der Waals surface area contributed by atoms with Crippen molar-refractivity contribution in [3.05, 3.63) is 20.8 Å². The average molecular weight is 316 g/mol. The van der Waals surface area contributed by atoms with E-state index in [-0.39, 0.29) is 0 Å². The Morgan fingerprint density at radius 2 is 2.06 bits per heavy atom. The molecular weight excluding hydrogens is 294 g/mol. The van der Waals surface area contributed by atoms with Gasteiger partial charge in [0.15, 0.2) is 0 Å². The van der Waals surface area contributed by atoms with Gasteiger partial charge in [0, 0.05) is 22.4 Å². The molecule has 1 fully saturated rings. The zero-order valence-electron chi connectivity index (χ0n) is 10.5. The van der Waals surface area contributed by atoms with Crippen molar-refractivity contribution in [3.63, 3.8) is 0 Å². The van der Waals surface area contributed by atoms with Gasteiger partial charge in [-0.3, -0.25) is 0 Å². The third kappa shape index (κ3) is 4.08. The van der Waals surface area contributed by atoms with Gasteiger partial charge in [0.25, 0.3) is 0 Å². The largest absolute Gasteiger partial charge is 0.310 e. The molecule has 1 aliphatic rings. The predicted molar refractivity (Wildman–Crippen MR) is 79.5 cm³/mol. The van der Waals surface area contributed by atoms with E-state index in [1.165, 1.54) is 48.6 Å². The number of rotatable bonds is 5. The SMILES string of the molecule is CCCC1CCC(NCc2cscc2Br)CC1.